The Morgan fingerprint density at radius 3 is 2.50 bits per heavy atom. The Balaban J connectivity index is 2.41. The Morgan fingerprint density at radius 1 is 1.33 bits per heavy atom. The number of fused-ring (bicyclic) bond motifs is 1. The summed E-state index contributed by atoms with van der Waals surface area (Å²) in [5, 5.41) is -1.56. The van der Waals surface area contributed by atoms with Crippen molar-refractivity contribution in [1.29, 1.82) is 0 Å². The number of rotatable bonds is 2. The number of hydrogen-bond donors (Lipinski definition) is 1. The van der Waals surface area contributed by atoms with Crippen molar-refractivity contribution in [2.75, 3.05) is 0 Å². The van der Waals surface area contributed by atoms with Gasteiger partial charge >= 0.3 is 5.44 Å². The Labute approximate surface area is 112 Å². The second-order valence-corrected chi connectivity index (χ2v) is 5.60. The van der Waals surface area contributed by atoms with Crippen molar-refractivity contribution in [3.63, 3.8) is 0 Å². The lowest BCUT2D eigenvalue weighted by molar-refractivity contribution is -0.0822. The number of nitrogens with two attached hydrogens (primary N) is 1. The topological polar surface area (TPSA) is 35.2 Å². The minimum absolute atomic E-state index is 0.0204. The van der Waals surface area contributed by atoms with Crippen molar-refractivity contribution in [3.8, 4) is 5.75 Å². The second kappa shape index (κ2) is 3.94. The van der Waals surface area contributed by atoms with Gasteiger partial charge in [0.25, 0.3) is 0 Å². The maximum Gasteiger partial charge on any atom is 0.457 e. The van der Waals surface area contributed by atoms with Gasteiger partial charge in [0.2, 0.25) is 0 Å². The van der Waals surface area contributed by atoms with Gasteiger partial charge < -0.3 is 10.5 Å². The second-order valence-electron chi connectivity index (χ2n) is 4.48. The lowest BCUT2D eigenvalue weighted by Gasteiger charge is -2.41. The van der Waals surface area contributed by atoms with Crippen LogP contribution in [0.4, 0.5) is 8.78 Å². The molecule has 0 spiro atoms. The molecule has 2 rings (SSSR count). The van der Waals surface area contributed by atoms with E-state index in [2.05, 4.69) is 4.74 Å². The van der Waals surface area contributed by atoms with Crippen molar-refractivity contribution in [2.24, 2.45) is 5.73 Å². The van der Waals surface area contributed by atoms with E-state index in [1.165, 1.54) is 25.1 Å². The van der Waals surface area contributed by atoms with Crippen molar-refractivity contribution < 1.29 is 13.5 Å². The molecule has 0 saturated heterocycles. The van der Waals surface area contributed by atoms with E-state index in [1.54, 1.807) is 0 Å². The number of alkyl halides is 2. The predicted octanol–water partition coefficient (Wildman–Crippen LogP) is 1.05. The number of thioether (sulfide) groups is 1. The maximum absolute atomic E-state index is 13.0. The molecule has 0 aromatic heterocycles. The van der Waals surface area contributed by atoms with Crippen molar-refractivity contribution in [1.82, 2.24) is 0 Å². The zero-order chi connectivity index (χ0) is 13.8. The average Bonchev–Trinajstić information content (AvgIpc) is 2.48. The molecule has 2 nitrogen and oxygen atoms in total. The summed E-state index contributed by atoms with van der Waals surface area (Å²) < 4.78 is 30.5. The van der Waals surface area contributed by atoms with Crippen LogP contribution in [0.25, 0.3) is 0 Å². The standard InChI is InChI=1S/C10H8B3F2NOS/c1-8(11,16)9(12,13)5-2-3-7-6(4-5)17-10(14,15)18-7/h2-4H,16H2,1H3. The van der Waals surface area contributed by atoms with Gasteiger partial charge in [-0.1, -0.05) is 23.8 Å². The fourth-order valence-electron chi connectivity index (χ4n) is 1.52. The Kier molecular flexibility index (Phi) is 3.02. The van der Waals surface area contributed by atoms with Crippen molar-refractivity contribution in [3.05, 3.63) is 23.8 Å². The van der Waals surface area contributed by atoms with Gasteiger partial charge in [-0.25, -0.2) is 0 Å². The Bertz CT molecular complexity index is 491. The first-order valence-electron chi connectivity index (χ1n) is 5.09. The van der Waals surface area contributed by atoms with Crippen LogP contribution in [-0.2, 0) is 5.21 Å². The first-order valence-corrected chi connectivity index (χ1v) is 5.90. The number of ether oxygens (including phenoxy) is 1. The van der Waals surface area contributed by atoms with E-state index in [0.29, 0.717) is 22.2 Å². The molecule has 18 heavy (non-hydrogen) atoms. The van der Waals surface area contributed by atoms with E-state index in [4.69, 9.17) is 29.3 Å². The minimum Gasteiger partial charge on any atom is -0.423 e. The van der Waals surface area contributed by atoms with Gasteiger partial charge in [-0.05, 0) is 29.3 Å². The highest BCUT2D eigenvalue weighted by molar-refractivity contribution is 8.00. The number of hydrogen-bond acceptors (Lipinski definition) is 3. The highest BCUT2D eigenvalue weighted by Gasteiger charge is 2.42. The van der Waals surface area contributed by atoms with E-state index < -0.39 is 16.1 Å². The largest absolute Gasteiger partial charge is 0.457 e. The molecule has 0 aliphatic carbocycles. The Morgan fingerprint density at radius 2 is 1.94 bits per heavy atom. The molecule has 0 bridgehead atoms. The van der Waals surface area contributed by atoms with Crippen LogP contribution < -0.4 is 10.5 Å². The van der Waals surface area contributed by atoms with Crippen LogP contribution in [0.1, 0.15) is 12.5 Å². The smallest absolute Gasteiger partial charge is 0.423 e. The normalized spacial score (nSPS) is 20.9. The molecule has 88 valence electrons. The molecule has 1 aromatic carbocycles. The molecular weight excluding hydrogens is 253 g/mol. The van der Waals surface area contributed by atoms with Crippen LogP contribution in [0.2, 0.25) is 0 Å². The molecule has 2 N–H and O–H groups in total. The van der Waals surface area contributed by atoms with Crippen LogP contribution in [0.3, 0.4) is 0 Å². The fourth-order valence-corrected chi connectivity index (χ4v) is 2.24. The summed E-state index contributed by atoms with van der Waals surface area (Å²) in [7, 11) is 17.4. The van der Waals surface area contributed by atoms with Gasteiger partial charge in [0, 0.05) is 0 Å². The van der Waals surface area contributed by atoms with E-state index >= 15 is 0 Å². The van der Waals surface area contributed by atoms with Crippen LogP contribution in [0.5, 0.6) is 5.75 Å². The molecule has 1 aliphatic heterocycles. The summed E-state index contributed by atoms with van der Waals surface area (Å²) in [6.07, 6.45) is 0. The quantitative estimate of drug-likeness (QED) is 0.808. The lowest BCUT2D eigenvalue weighted by Crippen LogP contribution is -2.57. The molecule has 1 aromatic rings. The molecule has 1 heterocycles. The summed E-state index contributed by atoms with van der Waals surface area (Å²) in [5.41, 5.74) is 1.32. The predicted molar refractivity (Wildman–Crippen MR) is 69.4 cm³/mol. The molecule has 0 fully saturated rings. The monoisotopic (exact) mass is 261 g/mol. The summed E-state index contributed by atoms with van der Waals surface area (Å²) in [4.78, 5) is 0.315. The summed E-state index contributed by atoms with van der Waals surface area (Å²) in [6, 6.07) is 4.30. The molecule has 1 atom stereocenters. The van der Waals surface area contributed by atoms with Crippen LogP contribution in [0.15, 0.2) is 23.1 Å². The maximum atomic E-state index is 13.0. The Hall–Kier alpha value is -0.615. The highest BCUT2D eigenvalue weighted by Crippen LogP contribution is 2.50. The van der Waals surface area contributed by atoms with Crippen molar-refractivity contribution in [2.45, 2.75) is 27.9 Å². The summed E-state index contributed by atoms with van der Waals surface area (Å²) in [6.45, 7) is 1.45. The molecule has 0 saturated carbocycles. The zero-order valence-corrected chi connectivity index (χ0v) is 10.4. The van der Waals surface area contributed by atoms with Crippen LogP contribution in [0, 0.1) is 0 Å². The van der Waals surface area contributed by atoms with Gasteiger partial charge in [0.05, 0.1) is 28.4 Å². The third kappa shape index (κ3) is 2.28. The molecule has 8 heteroatoms. The van der Waals surface area contributed by atoms with E-state index in [9.17, 15) is 8.78 Å². The van der Waals surface area contributed by atoms with E-state index in [-0.39, 0.29) is 5.75 Å². The molecular formula is C10H8B3F2NOS. The molecule has 1 unspecified atom stereocenters. The number of halogens is 2. The minimum atomic E-state index is -3.28. The molecule has 6 radical (unpaired) electrons. The van der Waals surface area contributed by atoms with Crippen LogP contribution >= 0.6 is 11.8 Å². The zero-order valence-electron chi connectivity index (χ0n) is 9.61. The summed E-state index contributed by atoms with van der Waals surface area (Å²) in [5.74, 6) is 0.0204. The van der Waals surface area contributed by atoms with Gasteiger partial charge in [0.1, 0.15) is 5.75 Å². The molecule has 0 amide bonds. The number of benzene rings is 1. The van der Waals surface area contributed by atoms with Crippen LogP contribution in [-0.4, -0.2) is 34.4 Å². The van der Waals surface area contributed by atoms with Gasteiger partial charge in [0.15, 0.2) is 0 Å². The first-order chi connectivity index (χ1) is 8.03. The van der Waals surface area contributed by atoms with E-state index in [0.717, 1.165) is 0 Å². The fraction of sp³-hybridized carbons (Fsp3) is 0.400. The third-order valence-corrected chi connectivity index (χ3v) is 3.65. The lowest BCUT2D eigenvalue weighted by atomic mass is 9.38. The van der Waals surface area contributed by atoms with Gasteiger partial charge in [-0.3, -0.25) is 0 Å². The third-order valence-electron chi connectivity index (χ3n) is 2.77. The average molecular weight is 261 g/mol. The SMILES string of the molecule is [B]C(C)(N)C([B])([B])c1ccc2c(c1)OC(F)(F)S2. The summed E-state index contributed by atoms with van der Waals surface area (Å²) >= 11 is 0.320. The van der Waals surface area contributed by atoms with Crippen molar-refractivity contribution >= 4 is 35.3 Å². The van der Waals surface area contributed by atoms with Gasteiger partial charge in [-0.15, -0.1) is 0 Å². The molecule has 1 aliphatic rings. The van der Waals surface area contributed by atoms with E-state index in [1.807, 2.05) is 0 Å². The van der Waals surface area contributed by atoms with Gasteiger partial charge in [-0.2, -0.15) is 8.78 Å². The first kappa shape index (κ1) is 13.8. The highest BCUT2D eigenvalue weighted by atomic mass is 32.2.